The molecule has 16 heavy (non-hydrogen) atoms. The number of nitrogens with one attached hydrogen (secondary N) is 1. The molecular formula is C12H24N2O2. The number of aliphatic hydroxyl groups excluding tert-OH is 1. The average Bonchev–Trinajstić information content (AvgIpc) is 2.22. The summed E-state index contributed by atoms with van der Waals surface area (Å²) >= 11 is 0. The molecule has 0 saturated carbocycles. The van der Waals surface area contributed by atoms with Gasteiger partial charge in [-0.25, -0.2) is 0 Å². The van der Waals surface area contributed by atoms with Gasteiger partial charge >= 0.3 is 0 Å². The van der Waals surface area contributed by atoms with Crippen molar-refractivity contribution < 1.29 is 9.90 Å². The lowest BCUT2D eigenvalue weighted by atomic mass is 9.81. The molecule has 2 N–H and O–H groups in total. The van der Waals surface area contributed by atoms with Crippen LogP contribution in [0.4, 0.5) is 0 Å². The van der Waals surface area contributed by atoms with E-state index in [4.69, 9.17) is 0 Å². The van der Waals surface area contributed by atoms with Gasteiger partial charge in [-0.05, 0) is 18.8 Å². The van der Waals surface area contributed by atoms with E-state index >= 15 is 0 Å². The van der Waals surface area contributed by atoms with Gasteiger partial charge in [0.15, 0.2) is 6.35 Å². The molecule has 2 atom stereocenters. The highest BCUT2D eigenvalue weighted by Gasteiger charge is 2.38. The molecule has 0 aromatic heterocycles. The lowest BCUT2D eigenvalue weighted by molar-refractivity contribution is -0.127. The molecule has 94 valence electrons. The zero-order chi connectivity index (χ0) is 12.3. The monoisotopic (exact) mass is 228 g/mol. The van der Waals surface area contributed by atoms with Gasteiger partial charge in [0, 0.05) is 19.0 Å². The Labute approximate surface area is 98.0 Å². The van der Waals surface area contributed by atoms with Gasteiger partial charge in [-0.1, -0.05) is 27.2 Å². The van der Waals surface area contributed by atoms with Crippen LogP contribution in [0.2, 0.25) is 0 Å². The Hall–Kier alpha value is -0.610. The Balaban J connectivity index is 2.81. The second-order valence-corrected chi connectivity index (χ2v) is 5.37. The number of amides is 1. The SMILES string of the molecule is CCCCN1C(O)NC(=O)CC(C)(C)C1C. The van der Waals surface area contributed by atoms with Gasteiger partial charge in [0.2, 0.25) is 5.91 Å². The molecule has 4 heteroatoms. The predicted octanol–water partition coefficient (Wildman–Crippen LogP) is 1.30. The summed E-state index contributed by atoms with van der Waals surface area (Å²) in [5.74, 6) is -0.0663. The molecule has 1 fully saturated rings. The zero-order valence-electron chi connectivity index (χ0n) is 10.8. The molecule has 1 saturated heterocycles. The first kappa shape index (κ1) is 13.5. The van der Waals surface area contributed by atoms with Crippen LogP contribution in [0.5, 0.6) is 0 Å². The standard InChI is InChI=1S/C12H24N2O2/c1-5-6-7-14-9(2)12(3,4)8-10(15)13-11(14)16/h9,11,16H,5-8H2,1-4H3,(H,13,15). The van der Waals surface area contributed by atoms with Gasteiger partial charge in [-0.15, -0.1) is 0 Å². The number of hydrogen-bond acceptors (Lipinski definition) is 3. The Morgan fingerprint density at radius 3 is 2.75 bits per heavy atom. The molecule has 4 nitrogen and oxygen atoms in total. The fraction of sp³-hybridized carbons (Fsp3) is 0.917. The molecule has 0 aromatic carbocycles. The normalized spacial score (nSPS) is 30.9. The maximum atomic E-state index is 11.6. The summed E-state index contributed by atoms with van der Waals surface area (Å²) in [5, 5.41) is 12.6. The van der Waals surface area contributed by atoms with Crippen LogP contribution in [0.3, 0.4) is 0 Å². The van der Waals surface area contributed by atoms with E-state index in [1.54, 1.807) is 0 Å². The van der Waals surface area contributed by atoms with Crippen LogP contribution < -0.4 is 5.32 Å². The summed E-state index contributed by atoms with van der Waals surface area (Å²) in [6, 6.07) is 0.188. The minimum atomic E-state index is -0.837. The highest BCUT2D eigenvalue weighted by atomic mass is 16.3. The van der Waals surface area contributed by atoms with Crippen molar-refractivity contribution >= 4 is 5.91 Å². The fourth-order valence-electron chi connectivity index (χ4n) is 2.16. The lowest BCUT2D eigenvalue weighted by Crippen LogP contribution is -2.51. The van der Waals surface area contributed by atoms with E-state index in [0.29, 0.717) is 6.42 Å². The first-order valence-electron chi connectivity index (χ1n) is 6.11. The van der Waals surface area contributed by atoms with Crippen molar-refractivity contribution in [3.05, 3.63) is 0 Å². The highest BCUT2D eigenvalue weighted by Crippen LogP contribution is 2.31. The smallest absolute Gasteiger partial charge is 0.223 e. The summed E-state index contributed by atoms with van der Waals surface area (Å²) in [7, 11) is 0. The van der Waals surface area contributed by atoms with E-state index in [-0.39, 0.29) is 17.4 Å². The van der Waals surface area contributed by atoms with E-state index in [1.807, 2.05) is 4.90 Å². The number of carbonyl (C=O) groups excluding carboxylic acids is 1. The molecule has 1 rings (SSSR count). The van der Waals surface area contributed by atoms with Gasteiger partial charge < -0.3 is 10.4 Å². The molecule has 0 aliphatic carbocycles. The van der Waals surface area contributed by atoms with Crippen molar-refractivity contribution in [2.45, 2.75) is 59.4 Å². The predicted molar refractivity (Wildman–Crippen MR) is 63.6 cm³/mol. The minimum absolute atomic E-state index is 0.0663. The van der Waals surface area contributed by atoms with Crippen molar-refractivity contribution in [3.63, 3.8) is 0 Å². The number of hydrogen-bond donors (Lipinski definition) is 2. The lowest BCUT2D eigenvalue weighted by Gasteiger charge is -2.38. The number of aliphatic hydroxyl groups is 1. The number of unbranched alkanes of at least 4 members (excludes halogenated alkanes) is 1. The summed E-state index contributed by atoms with van der Waals surface area (Å²) in [6.45, 7) is 9.18. The molecule has 1 heterocycles. The van der Waals surface area contributed by atoms with Gasteiger partial charge in [0.05, 0.1) is 0 Å². The van der Waals surface area contributed by atoms with Crippen molar-refractivity contribution in [1.82, 2.24) is 10.2 Å². The molecule has 0 bridgehead atoms. The van der Waals surface area contributed by atoms with Gasteiger partial charge in [0.1, 0.15) is 0 Å². The second-order valence-electron chi connectivity index (χ2n) is 5.37. The van der Waals surface area contributed by atoms with E-state index in [0.717, 1.165) is 19.4 Å². The van der Waals surface area contributed by atoms with Crippen molar-refractivity contribution in [1.29, 1.82) is 0 Å². The average molecular weight is 228 g/mol. The van der Waals surface area contributed by atoms with Crippen LogP contribution in [0.1, 0.15) is 47.0 Å². The third kappa shape index (κ3) is 2.95. The summed E-state index contributed by atoms with van der Waals surface area (Å²) in [6.07, 6.45) is 1.75. The van der Waals surface area contributed by atoms with E-state index in [9.17, 15) is 9.90 Å². The maximum Gasteiger partial charge on any atom is 0.223 e. The third-order valence-electron chi connectivity index (χ3n) is 3.62. The van der Waals surface area contributed by atoms with E-state index in [1.165, 1.54) is 0 Å². The fourth-order valence-corrected chi connectivity index (χ4v) is 2.16. The van der Waals surface area contributed by atoms with Crippen molar-refractivity contribution in [2.75, 3.05) is 6.54 Å². The number of nitrogens with zero attached hydrogens (tertiary/aromatic N) is 1. The van der Waals surface area contributed by atoms with Crippen LogP contribution in [-0.4, -0.2) is 34.9 Å². The Morgan fingerprint density at radius 1 is 1.56 bits per heavy atom. The largest absolute Gasteiger partial charge is 0.361 e. The molecule has 1 amide bonds. The number of carbonyl (C=O) groups is 1. The molecule has 0 spiro atoms. The summed E-state index contributed by atoms with van der Waals surface area (Å²) in [4.78, 5) is 13.6. The molecule has 2 unspecified atom stereocenters. The van der Waals surface area contributed by atoms with Gasteiger partial charge in [-0.3, -0.25) is 9.69 Å². The Kier molecular flexibility index (Phi) is 4.33. The maximum absolute atomic E-state index is 11.6. The third-order valence-corrected chi connectivity index (χ3v) is 3.62. The molecule has 1 aliphatic rings. The van der Waals surface area contributed by atoms with Crippen LogP contribution in [0.25, 0.3) is 0 Å². The molecule has 0 radical (unpaired) electrons. The van der Waals surface area contributed by atoms with Crippen LogP contribution in [-0.2, 0) is 4.79 Å². The minimum Gasteiger partial charge on any atom is -0.361 e. The first-order valence-corrected chi connectivity index (χ1v) is 6.11. The Morgan fingerprint density at radius 2 is 2.19 bits per heavy atom. The van der Waals surface area contributed by atoms with E-state index in [2.05, 4.69) is 33.0 Å². The van der Waals surface area contributed by atoms with Crippen LogP contribution >= 0.6 is 0 Å². The first-order chi connectivity index (χ1) is 7.38. The molecule has 0 aromatic rings. The highest BCUT2D eigenvalue weighted by molar-refractivity contribution is 5.77. The molecular weight excluding hydrogens is 204 g/mol. The quantitative estimate of drug-likeness (QED) is 0.765. The van der Waals surface area contributed by atoms with Crippen molar-refractivity contribution in [2.24, 2.45) is 5.41 Å². The summed E-state index contributed by atoms with van der Waals surface area (Å²) < 4.78 is 0. The topological polar surface area (TPSA) is 52.6 Å². The second kappa shape index (κ2) is 5.15. The Bertz CT molecular complexity index is 253. The van der Waals surface area contributed by atoms with Crippen LogP contribution in [0, 0.1) is 5.41 Å². The molecule has 1 aliphatic heterocycles. The zero-order valence-corrected chi connectivity index (χ0v) is 10.8. The van der Waals surface area contributed by atoms with Gasteiger partial charge in [-0.2, -0.15) is 0 Å². The van der Waals surface area contributed by atoms with E-state index < -0.39 is 6.35 Å². The van der Waals surface area contributed by atoms with Gasteiger partial charge in [0.25, 0.3) is 0 Å². The van der Waals surface area contributed by atoms with Crippen molar-refractivity contribution in [3.8, 4) is 0 Å². The summed E-state index contributed by atoms with van der Waals surface area (Å²) in [5.41, 5.74) is -0.102. The van der Waals surface area contributed by atoms with Crippen LogP contribution in [0.15, 0.2) is 0 Å². The number of rotatable bonds is 3.